The van der Waals surface area contributed by atoms with Crippen LogP contribution in [0.1, 0.15) is 0 Å². The number of hydrogen-bond acceptors (Lipinski definition) is 1. The highest BCUT2D eigenvalue weighted by Gasteiger charge is 2.14. The summed E-state index contributed by atoms with van der Waals surface area (Å²) in [6.07, 6.45) is 0. The van der Waals surface area contributed by atoms with E-state index < -0.39 is 0 Å². The van der Waals surface area contributed by atoms with E-state index in [1.54, 1.807) is 6.07 Å². The highest BCUT2D eigenvalue weighted by Crippen LogP contribution is 2.39. The van der Waals surface area contributed by atoms with Crippen LogP contribution in [0, 0.1) is 0 Å². The first kappa shape index (κ1) is 13.0. The number of fused-ring (bicyclic) bond motifs is 1. The van der Waals surface area contributed by atoms with Crippen molar-refractivity contribution in [2.75, 3.05) is 0 Å². The Kier molecular flexibility index (Phi) is 3.33. The van der Waals surface area contributed by atoms with Crippen LogP contribution in [0.2, 0.25) is 5.02 Å². The van der Waals surface area contributed by atoms with Crippen molar-refractivity contribution in [3.8, 4) is 17.0 Å². The second-order valence-electron chi connectivity index (χ2n) is 4.17. The summed E-state index contributed by atoms with van der Waals surface area (Å²) < 4.78 is 1.79. The molecule has 5 heteroatoms. The standard InChI is InChI=1S/C14H8Br2ClNO/c15-7-2-4-11-10(5-7)13(17)14(18-11)9-3-1-8(16)6-12(9)19/h1-6,18-19H. The topological polar surface area (TPSA) is 36.0 Å². The van der Waals surface area contributed by atoms with E-state index in [9.17, 15) is 5.11 Å². The van der Waals surface area contributed by atoms with Gasteiger partial charge in [0.25, 0.3) is 0 Å². The molecule has 0 saturated carbocycles. The number of aromatic hydroxyl groups is 1. The van der Waals surface area contributed by atoms with Gasteiger partial charge in [0.05, 0.1) is 10.7 Å². The molecule has 19 heavy (non-hydrogen) atoms. The van der Waals surface area contributed by atoms with Gasteiger partial charge in [-0.2, -0.15) is 0 Å². The molecule has 0 unspecified atom stereocenters. The summed E-state index contributed by atoms with van der Waals surface area (Å²) in [4.78, 5) is 3.24. The van der Waals surface area contributed by atoms with Gasteiger partial charge in [-0.05, 0) is 36.4 Å². The lowest BCUT2D eigenvalue weighted by atomic mass is 10.1. The van der Waals surface area contributed by atoms with E-state index in [-0.39, 0.29) is 5.75 Å². The monoisotopic (exact) mass is 399 g/mol. The average molecular weight is 401 g/mol. The summed E-state index contributed by atoms with van der Waals surface area (Å²) in [7, 11) is 0. The zero-order valence-electron chi connectivity index (χ0n) is 9.55. The number of phenolic OH excluding ortho intramolecular Hbond substituents is 1. The van der Waals surface area contributed by atoms with Gasteiger partial charge in [0.15, 0.2) is 0 Å². The molecule has 0 aliphatic rings. The molecule has 96 valence electrons. The lowest BCUT2D eigenvalue weighted by Crippen LogP contribution is -1.80. The molecule has 2 N–H and O–H groups in total. The Labute approximate surface area is 131 Å². The van der Waals surface area contributed by atoms with Crippen LogP contribution in [-0.2, 0) is 0 Å². The zero-order chi connectivity index (χ0) is 13.6. The largest absolute Gasteiger partial charge is 0.507 e. The van der Waals surface area contributed by atoms with Crippen LogP contribution in [0.3, 0.4) is 0 Å². The molecule has 2 aromatic carbocycles. The van der Waals surface area contributed by atoms with Crippen molar-refractivity contribution in [1.82, 2.24) is 4.98 Å². The van der Waals surface area contributed by atoms with Gasteiger partial charge in [0, 0.05) is 25.4 Å². The van der Waals surface area contributed by atoms with Gasteiger partial charge in [-0.1, -0.05) is 43.5 Å². The highest BCUT2D eigenvalue weighted by atomic mass is 79.9. The molecule has 1 aromatic heterocycles. The lowest BCUT2D eigenvalue weighted by Gasteiger charge is -2.03. The highest BCUT2D eigenvalue weighted by molar-refractivity contribution is 9.10. The van der Waals surface area contributed by atoms with E-state index in [0.29, 0.717) is 10.6 Å². The third kappa shape index (κ3) is 2.29. The molecule has 0 atom stereocenters. The smallest absolute Gasteiger partial charge is 0.126 e. The summed E-state index contributed by atoms with van der Waals surface area (Å²) in [5.41, 5.74) is 2.34. The normalized spacial score (nSPS) is 11.1. The summed E-state index contributed by atoms with van der Waals surface area (Å²) >= 11 is 13.2. The molecule has 1 heterocycles. The van der Waals surface area contributed by atoms with E-state index in [1.807, 2.05) is 30.3 Å². The van der Waals surface area contributed by atoms with Gasteiger partial charge in [-0.15, -0.1) is 0 Å². The Morgan fingerprint density at radius 2 is 1.68 bits per heavy atom. The first-order valence-electron chi connectivity index (χ1n) is 5.52. The van der Waals surface area contributed by atoms with Crippen LogP contribution >= 0.6 is 43.5 Å². The van der Waals surface area contributed by atoms with E-state index in [4.69, 9.17) is 11.6 Å². The minimum Gasteiger partial charge on any atom is -0.507 e. The van der Waals surface area contributed by atoms with E-state index in [1.165, 1.54) is 0 Å². The number of phenols is 1. The molecule has 0 amide bonds. The van der Waals surface area contributed by atoms with Gasteiger partial charge in [0.2, 0.25) is 0 Å². The van der Waals surface area contributed by atoms with Crippen LogP contribution in [0.25, 0.3) is 22.2 Å². The van der Waals surface area contributed by atoms with Crippen molar-refractivity contribution < 1.29 is 5.11 Å². The number of hydrogen-bond donors (Lipinski definition) is 2. The van der Waals surface area contributed by atoms with Crippen LogP contribution < -0.4 is 0 Å². The molecule has 3 rings (SSSR count). The lowest BCUT2D eigenvalue weighted by molar-refractivity contribution is 0.477. The molecule has 0 radical (unpaired) electrons. The molecule has 0 aliphatic heterocycles. The third-order valence-corrected chi connectivity index (χ3v) is 4.31. The Morgan fingerprint density at radius 3 is 2.42 bits per heavy atom. The fourth-order valence-electron chi connectivity index (χ4n) is 2.03. The molecular weight excluding hydrogens is 393 g/mol. The quantitative estimate of drug-likeness (QED) is 0.538. The molecular formula is C14H8Br2ClNO. The van der Waals surface area contributed by atoms with Gasteiger partial charge >= 0.3 is 0 Å². The van der Waals surface area contributed by atoms with Crippen LogP contribution in [0.5, 0.6) is 5.75 Å². The van der Waals surface area contributed by atoms with Gasteiger partial charge in [-0.3, -0.25) is 0 Å². The SMILES string of the molecule is Oc1cc(Br)ccc1-c1[nH]c2ccc(Br)cc2c1Cl. The minimum absolute atomic E-state index is 0.182. The molecule has 0 aliphatic carbocycles. The number of aromatic amines is 1. The number of benzene rings is 2. The number of aromatic nitrogens is 1. The van der Waals surface area contributed by atoms with Crippen molar-refractivity contribution in [3.05, 3.63) is 50.4 Å². The zero-order valence-corrected chi connectivity index (χ0v) is 13.5. The summed E-state index contributed by atoms with van der Waals surface area (Å²) in [6, 6.07) is 11.2. The Hall–Kier alpha value is -0.970. The molecule has 0 bridgehead atoms. The van der Waals surface area contributed by atoms with E-state index in [2.05, 4.69) is 36.8 Å². The maximum atomic E-state index is 10.0. The molecule has 0 saturated heterocycles. The summed E-state index contributed by atoms with van der Waals surface area (Å²) in [5.74, 6) is 0.182. The molecule has 0 fully saturated rings. The minimum atomic E-state index is 0.182. The Balaban J connectivity index is 2.28. The predicted molar refractivity (Wildman–Crippen MR) is 85.8 cm³/mol. The van der Waals surface area contributed by atoms with Crippen LogP contribution in [-0.4, -0.2) is 10.1 Å². The van der Waals surface area contributed by atoms with Gasteiger partial charge in [-0.25, -0.2) is 0 Å². The van der Waals surface area contributed by atoms with Gasteiger partial charge < -0.3 is 10.1 Å². The van der Waals surface area contributed by atoms with Crippen molar-refractivity contribution in [1.29, 1.82) is 0 Å². The van der Waals surface area contributed by atoms with Crippen LogP contribution in [0.4, 0.5) is 0 Å². The number of rotatable bonds is 1. The third-order valence-electron chi connectivity index (χ3n) is 2.93. The van der Waals surface area contributed by atoms with Crippen molar-refractivity contribution in [2.45, 2.75) is 0 Å². The van der Waals surface area contributed by atoms with Crippen molar-refractivity contribution in [2.24, 2.45) is 0 Å². The number of halogens is 3. The predicted octanol–water partition coefficient (Wildman–Crippen LogP) is 5.72. The Morgan fingerprint density at radius 1 is 1.00 bits per heavy atom. The second-order valence-corrected chi connectivity index (χ2v) is 6.37. The summed E-state index contributed by atoms with van der Waals surface area (Å²) in [5, 5.41) is 11.6. The average Bonchev–Trinajstić information content (AvgIpc) is 2.67. The summed E-state index contributed by atoms with van der Waals surface area (Å²) in [6.45, 7) is 0. The second kappa shape index (κ2) is 4.85. The fraction of sp³-hybridized carbons (Fsp3) is 0. The first-order valence-corrected chi connectivity index (χ1v) is 7.48. The van der Waals surface area contributed by atoms with Crippen molar-refractivity contribution in [3.63, 3.8) is 0 Å². The number of H-pyrrole nitrogens is 1. The fourth-order valence-corrected chi connectivity index (χ4v) is 3.05. The number of nitrogens with one attached hydrogen (secondary N) is 1. The van der Waals surface area contributed by atoms with Crippen LogP contribution in [0.15, 0.2) is 45.3 Å². The maximum Gasteiger partial charge on any atom is 0.126 e. The molecule has 2 nitrogen and oxygen atoms in total. The maximum absolute atomic E-state index is 10.0. The first-order chi connectivity index (χ1) is 9.06. The van der Waals surface area contributed by atoms with E-state index >= 15 is 0 Å². The molecule has 0 spiro atoms. The molecule has 3 aromatic rings. The van der Waals surface area contributed by atoms with Crippen molar-refractivity contribution >= 4 is 54.4 Å². The van der Waals surface area contributed by atoms with E-state index in [0.717, 1.165) is 25.5 Å². The Bertz CT molecular complexity index is 782. The van der Waals surface area contributed by atoms with Gasteiger partial charge in [0.1, 0.15) is 5.75 Å².